The number of hydrogen-bond acceptors (Lipinski definition) is 2. The zero-order valence-corrected chi connectivity index (χ0v) is 12.0. The molecule has 2 aromatic rings. The van der Waals surface area contributed by atoms with Crippen molar-refractivity contribution in [2.24, 2.45) is 0 Å². The average molecular weight is 260 g/mol. The van der Waals surface area contributed by atoms with Gasteiger partial charge in [-0.25, -0.2) is 9.37 Å². The molecular formula is C16H21FN2. The van der Waals surface area contributed by atoms with Crippen LogP contribution in [0.25, 0.3) is 10.9 Å². The van der Waals surface area contributed by atoms with Gasteiger partial charge in [0.05, 0.1) is 0 Å². The third kappa shape index (κ3) is 2.55. The summed E-state index contributed by atoms with van der Waals surface area (Å²) in [5.41, 5.74) is 3.60. The summed E-state index contributed by atoms with van der Waals surface area (Å²) in [6, 6.07) is 5.15. The van der Waals surface area contributed by atoms with Gasteiger partial charge in [0.15, 0.2) is 0 Å². The summed E-state index contributed by atoms with van der Waals surface area (Å²) in [5, 5.41) is 4.33. The van der Waals surface area contributed by atoms with Crippen LogP contribution in [0.1, 0.15) is 44.4 Å². The van der Waals surface area contributed by atoms with Crippen LogP contribution in [0.4, 0.5) is 10.1 Å². The second-order valence-electron chi connectivity index (χ2n) is 5.20. The van der Waals surface area contributed by atoms with Crippen molar-refractivity contribution in [3.05, 3.63) is 35.3 Å². The number of aromatic nitrogens is 1. The van der Waals surface area contributed by atoms with Gasteiger partial charge >= 0.3 is 0 Å². The highest BCUT2D eigenvalue weighted by atomic mass is 19.1. The maximum Gasteiger partial charge on any atom is 0.149 e. The van der Waals surface area contributed by atoms with Crippen molar-refractivity contribution < 1.29 is 4.39 Å². The molecule has 0 bridgehead atoms. The Bertz CT molecular complexity index is 591. The quantitative estimate of drug-likeness (QED) is 0.867. The lowest BCUT2D eigenvalue weighted by Crippen LogP contribution is -2.08. The van der Waals surface area contributed by atoms with Gasteiger partial charge in [0.2, 0.25) is 0 Å². The molecule has 0 spiro atoms. The number of para-hydroxylation sites is 1. The van der Waals surface area contributed by atoms with Gasteiger partial charge in [0.1, 0.15) is 11.3 Å². The van der Waals surface area contributed by atoms with Crippen molar-refractivity contribution in [3.8, 4) is 0 Å². The molecule has 102 valence electrons. The first-order valence-corrected chi connectivity index (χ1v) is 6.88. The van der Waals surface area contributed by atoms with E-state index in [1.54, 1.807) is 6.07 Å². The topological polar surface area (TPSA) is 24.9 Å². The van der Waals surface area contributed by atoms with E-state index in [9.17, 15) is 4.39 Å². The summed E-state index contributed by atoms with van der Waals surface area (Å²) in [6.45, 7) is 9.25. The molecular weight excluding hydrogens is 239 g/mol. The number of nitrogens with one attached hydrogen (secondary N) is 1. The number of anilines is 1. The third-order valence-corrected chi connectivity index (χ3v) is 3.32. The molecule has 0 aliphatic rings. The molecule has 0 atom stereocenters. The highest BCUT2D eigenvalue weighted by Gasteiger charge is 2.16. The van der Waals surface area contributed by atoms with Gasteiger partial charge in [0, 0.05) is 23.3 Å². The van der Waals surface area contributed by atoms with Crippen LogP contribution < -0.4 is 5.32 Å². The standard InChI is InChI=1S/C16H21FN2/c1-5-9-18-16-12-7-6-8-13(17)15(12)19-11(4)14(16)10(2)3/h6-8,10H,5,9H2,1-4H3,(H,18,19). The largest absolute Gasteiger partial charge is 0.384 e. The van der Waals surface area contributed by atoms with Crippen LogP contribution >= 0.6 is 0 Å². The minimum absolute atomic E-state index is 0.254. The molecule has 0 unspecified atom stereocenters. The van der Waals surface area contributed by atoms with Gasteiger partial charge in [-0.15, -0.1) is 0 Å². The predicted octanol–water partition coefficient (Wildman–Crippen LogP) is 4.63. The second-order valence-corrected chi connectivity index (χ2v) is 5.20. The molecule has 19 heavy (non-hydrogen) atoms. The lowest BCUT2D eigenvalue weighted by atomic mass is 9.96. The van der Waals surface area contributed by atoms with E-state index in [1.165, 1.54) is 11.6 Å². The number of pyridine rings is 1. The summed E-state index contributed by atoms with van der Waals surface area (Å²) >= 11 is 0. The molecule has 0 amide bonds. The van der Waals surface area contributed by atoms with E-state index in [0.717, 1.165) is 29.7 Å². The fourth-order valence-electron chi connectivity index (χ4n) is 2.53. The lowest BCUT2D eigenvalue weighted by Gasteiger charge is -2.19. The van der Waals surface area contributed by atoms with Crippen molar-refractivity contribution >= 4 is 16.6 Å². The van der Waals surface area contributed by atoms with E-state index in [1.807, 2.05) is 13.0 Å². The monoisotopic (exact) mass is 260 g/mol. The summed E-state index contributed by atoms with van der Waals surface area (Å²) in [4.78, 5) is 4.45. The Morgan fingerprint density at radius 1 is 1.32 bits per heavy atom. The molecule has 1 N–H and O–H groups in total. The Labute approximate surface area is 114 Å². The van der Waals surface area contributed by atoms with Crippen LogP contribution in [0, 0.1) is 12.7 Å². The van der Waals surface area contributed by atoms with E-state index in [0.29, 0.717) is 11.4 Å². The summed E-state index contributed by atoms with van der Waals surface area (Å²) in [7, 11) is 0. The molecule has 0 saturated heterocycles. The molecule has 0 saturated carbocycles. The summed E-state index contributed by atoms with van der Waals surface area (Å²) in [5.74, 6) is 0.106. The Morgan fingerprint density at radius 3 is 2.68 bits per heavy atom. The van der Waals surface area contributed by atoms with Gasteiger partial charge in [0.25, 0.3) is 0 Å². The summed E-state index contributed by atoms with van der Waals surface area (Å²) in [6.07, 6.45) is 1.04. The number of aryl methyl sites for hydroxylation is 1. The Balaban J connectivity index is 2.75. The molecule has 0 aliphatic carbocycles. The molecule has 0 fully saturated rings. The maximum absolute atomic E-state index is 13.9. The average Bonchev–Trinajstić information content (AvgIpc) is 2.36. The lowest BCUT2D eigenvalue weighted by molar-refractivity contribution is 0.636. The van der Waals surface area contributed by atoms with Crippen LogP contribution in [0.15, 0.2) is 18.2 Å². The van der Waals surface area contributed by atoms with E-state index in [-0.39, 0.29) is 5.82 Å². The van der Waals surface area contributed by atoms with E-state index in [2.05, 4.69) is 31.1 Å². The van der Waals surface area contributed by atoms with Crippen molar-refractivity contribution in [1.82, 2.24) is 4.98 Å². The van der Waals surface area contributed by atoms with Gasteiger partial charge in [-0.3, -0.25) is 0 Å². The number of fused-ring (bicyclic) bond motifs is 1. The zero-order valence-electron chi connectivity index (χ0n) is 12.0. The van der Waals surface area contributed by atoms with E-state index >= 15 is 0 Å². The number of halogens is 1. The maximum atomic E-state index is 13.9. The molecule has 2 rings (SSSR count). The van der Waals surface area contributed by atoms with Crippen molar-refractivity contribution in [2.45, 2.75) is 40.0 Å². The molecule has 0 aliphatic heterocycles. The molecule has 3 heteroatoms. The Kier molecular flexibility index (Phi) is 4.03. The normalized spacial score (nSPS) is 11.3. The second kappa shape index (κ2) is 5.55. The van der Waals surface area contributed by atoms with Crippen LogP contribution in [0.5, 0.6) is 0 Å². The van der Waals surface area contributed by atoms with Gasteiger partial charge in [-0.2, -0.15) is 0 Å². The molecule has 2 nitrogen and oxygen atoms in total. The van der Waals surface area contributed by atoms with Crippen molar-refractivity contribution in [1.29, 1.82) is 0 Å². The number of benzene rings is 1. The highest BCUT2D eigenvalue weighted by molar-refractivity contribution is 5.94. The number of nitrogens with zero attached hydrogens (tertiary/aromatic N) is 1. The molecule has 0 radical (unpaired) electrons. The number of hydrogen-bond donors (Lipinski definition) is 1. The van der Waals surface area contributed by atoms with Gasteiger partial charge < -0.3 is 5.32 Å². The first kappa shape index (κ1) is 13.8. The van der Waals surface area contributed by atoms with Crippen LogP contribution in [0.3, 0.4) is 0 Å². The Morgan fingerprint density at radius 2 is 2.05 bits per heavy atom. The molecule has 1 heterocycles. The summed E-state index contributed by atoms with van der Waals surface area (Å²) < 4.78 is 13.9. The van der Waals surface area contributed by atoms with E-state index < -0.39 is 0 Å². The fraction of sp³-hybridized carbons (Fsp3) is 0.438. The molecule has 1 aromatic carbocycles. The van der Waals surface area contributed by atoms with Gasteiger partial charge in [-0.1, -0.05) is 32.9 Å². The zero-order chi connectivity index (χ0) is 14.0. The number of rotatable bonds is 4. The minimum Gasteiger partial charge on any atom is -0.384 e. The first-order chi connectivity index (χ1) is 9.06. The molecule has 1 aromatic heterocycles. The van der Waals surface area contributed by atoms with Crippen LogP contribution in [0.2, 0.25) is 0 Å². The van der Waals surface area contributed by atoms with Gasteiger partial charge in [-0.05, 0) is 30.9 Å². The highest BCUT2D eigenvalue weighted by Crippen LogP contribution is 2.34. The third-order valence-electron chi connectivity index (χ3n) is 3.32. The minimum atomic E-state index is -0.254. The SMILES string of the molecule is CCCNc1c(C(C)C)c(C)nc2c(F)cccc12. The van der Waals surface area contributed by atoms with Crippen molar-refractivity contribution in [2.75, 3.05) is 11.9 Å². The first-order valence-electron chi connectivity index (χ1n) is 6.88. The smallest absolute Gasteiger partial charge is 0.149 e. The van der Waals surface area contributed by atoms with Crippen molar-refractivity contribution in [3.63, 3.8) is 0 Å². The van der Waals surface area contributed by atoms with Crippen LogP contribution in [-0.2, 0) is 0 Å². The van der Waals surface area contributed by atoms with Crippen LogP contribution in [-0.4, -0.2) is 11.5 Å². The van der Waals surface area contributed by atoms with E-state index in [4.69, 9.17) is 0 Å². The Hall–Kier alpha value is -1.64. The fourth-order valence-corrected chi connectivity index (χ4v) is 2.53. The predicted molar refractivity (Wildman–Crippen MR) is 79.3 cm³/mol.